The van der Waals surface area contributed by atoms with Gasteiger partial charge in [-0.3, -0.25) is 0 Å². The highest BCUT2D eigenvalue weighted by atomic mass is 35.5. The molecule has 0 unspecified atom stereocenters. The third-order valence-electron chi connectivity index (χ3n) is 2.47. The van der Waals surface area contributed by atoms with E-state index in [1.54, 1.807) is 12.1 Å². The van der Waals surface area contributed by atoms with Gasteiger partial charge in [0.1, 0.15) is 10.3 Å². The lowest BCUT2D eigenvalue weighted by Gasteiger charge is -2.04. The van der Waals surface area contributed by atoms with E-state index in [1.165, 1.54) is 0 Å². The van der Waals surface area contributed by atoms with Crippen molar-refractivity contribution in [1.29, 1.82) is 0 Å². The lowest BCUT2D eigenvalue weighted by Crippen LogP contribution is -1.92. The van der Waals surface area contributed by atoms with Crippen LogP contribution in [0.1, 0.15) is 0 Å². The summed E-state index contributed by atoms with van der Waals surface area (Å²) in [5, 5.41) is 0.732. The van der Waals surface area contributed by atoms with E-state index in [0.717, 1.165) is 22.6 Å². The predicted molar refractivity (Wildman–Crippen MR) is 65.8 cm³/mol. The molecule has 17 heavy (non-hydrogen) atoms. The van der Waals surface area contributed by atoms with Gasteiger partial charge in [-0.2, -0.15) is 0 Å². The van der Waals surface area contributed by atoms with Gasteiger partial charge >= 0.3 is 0 Å². The Bertz CT molecular complexity index is 566. The maximum Gasteiger partial charge on any atom is 0.231 e. The Hall–Kier alpha value is -1.45. The highest BCUT2D eigenvalue weighted by Gasteiger charge is 2.14. The molecular weight excluding hydrogens is 261 g/mol. The van der Waals surface area contributed by atoms with Crippen LogP contribution in [-0.4, -0.2) is 11.8 Å². The number of ether oxygens (including phenoxy) is 2. The van der Waals surface area contributed by atoms with Gasteiger partial charge in [0.15, 0.2) is 11.5 Å². The summed E-state index contributed by atoms with van der Waals surface area (Å²) in [5.41, 5.74) is 1.86. The summed E-state index contributed by atoms with van der Waals surface area (Å²) in [6, 6.07) is 9.19. The molecule has 1 aliphatic rings. The molecule has 3 rings (SSSR count). The molecule has 1 aliphatic heterocycles. The third kappa shape index (κ3) is 2.04. The van der Waals surface area contributed by atoms with Crippen molar-refractivity contribution in [2.45, 2.75) is 0 Å². The van der Waals surface area contributed by atoms with Crippen LogP contribution in [-0.2, 0) is 0 Å². The summed E-state index contributed by atoms with van der Waals surface area (Å²) in [7, 11) is 0. The summed E-state index contributed by atoms with van der Waals surface area (Å²) in [6.45, 7) is 0.261. The Labute approximate surface area is 108 Å². The van der Waals surface area contributed by atoms with Crippen LogP contribution in [0.25, 0.3) is 11.1 Å². The Morgan fingerprint density at radius 3 is 2.35 bits per heavy atom. The monoisotopic (exact) mass is 267 g/mol. The van der Waals surface area contributed by atoms with E-state index < -0.39 is 0 Å². The van der Waals surface area contributed by atoms with Crippen molar-refractivity contribution in [1.82, 2.24) is 4.98 Å². The van der Waals surface area contributed by atoms with E-state index in [4.69, 9.17) is 32.7 Å². The number of nitrogens with zero attached hydrogens (tertiary/aromatic N) is 1. The lowest BCUT2D eigenvalue weighted by atomic mass is 10.1. The van der Waals surface area contributed by atoms with Crippen LogP contribution in [0.2, 0.25) is 10.3 Å². The fraction of sp³-hybridized carbons (Fsp3) is 0.0833. The number of pyridine rings is 1. The van der Waals surface area contributed by atoms with Gasteiger partial charge in [0.25, 0.3) is 0 Å². The van der Waals surface area contributed by atoms with Crippen molar-refractivity contribution >= 4 is 23.2 Å². The van der Waals surface area contributed by atoms with Gasteiger partial charge in [-0.1, -0.05) is 29.3 Å². The second kappa shape index (κ2) is 4.09. The number of rotatable bonds is 1. The Morgan fingerprint density at radius 1 is 0.882 bits per heavy atom. The second-order valence-electron chi connectivity index (χ2n) is 3.57. The van der Waals surface area contributed by atoms with Crippen molar-refractivity contribution < 1.29 is 9.47 Å². The first-order valence-corrected chi connectivity index (χ1v) is 5.71. The first-order valence-electron chi connectivity index (χ1n) is 4.95. The highest BCUT2D eigenvalue weighted by molar-refractivity contribution is 6.32. The van der Waals surface area contributed by atoms with E-state index in [0.29, 0.717) is 10.3 Å². The predicted octanol–water partition coefficient (Wildman–Crippen LogP) is 3.78. The number of fused-ring (bicyclic) bond motifs is 1. The molecule has 1 aromatic heterocycles. The van der Waals surface area contributed by atoms with E-state index in [9.17, 15) is 0 Å². The molecule has 0 bridgehead atoms. The molecule has 0 saturated carbocycles. The molecule has 2 aromatic rings. The summed E-state index contributed by atoms with van der Waals surface area (Å²) in [5.74, 6) is 1.48. The first-order chi connectivity index (χ1) is 8.22. The Kier molecular flexibility index (Phi) is 2.57. The van der Waals surface area contributed by atoms with E-state index in [-0.39, 0.29) is 6.79 Å². The van der Waals surface area contributed by atoms with Crippen LogP contribution < -0.4 is 9.47 Å². The highest BCUT2D eigenvalue weighted by Crippen LogP contribution is 2.36. The van der Waals surface area contributed by atoms with Crippen molar-refractivity contribution in [2.24, 2.45) is 0 Å². The average Bonchev–Trinajstić information content (AvgIpc) is 2.74. The fourth-order valence-electron chi connectivity index (χ4n) is 1.71. The molecule has 0 atom stereocenters. The molecule has 2 heterocycles. The minimum Gasteiger partial charge on any atom is -0.454 e. The number of halogens is 2. The van der Waals surface area contributed by atoms with Crippen molar-refractivity contribution in [3.8, 4) is 22.6 Å². The number of aromatic nitrogens is 1. The molecule has 5 heteroatoms. The van der Waals surface area contributed by atoms with Gasteiger partial charge in [-0.05, 0) is 35.4 Å². The van der Waals surface area contributed by atoms with Crippen molar-refractivity contribution in [3.63, 3.8) is 0 Å². The summed E-state index contributed by atoms with van der Waals surface area (Å²) < 4.78 is 10.6. The SMILES string of the molecule is Clc1cc(-c2ccc3c(c2)OCO3)cc(Cl)n1. The van der Waals surface area contributed by atoms with E-state index in [1.807, 2.05) is 18.2 Å². The lowest BCUT2D eigenvalue weighted by molar-refractivity contribution is 0.174. The fourth-order valence-corrected chi connectivity index (χ4v) is 2.17. The van der Waals surface area contributed by atoms with E-state index in [2.05, 4.69) is 4.98 Å². The number of hydrogen-bond acceptors (Lipinski definition) is 3. The van der Waals surface area contributed by atoms with Gasteiger partial charge in [0, 0.05) is 0 Å². The van der Waals surface area contributed by atoms with Gasteiger partial charge in [-0.25, -0.2) is 4.98 Å². The Balaban J connectivity index is 2.09. The normalized spacial score (nSPS) is 12.8. The van der Waals surface area contributed by atoms with E-state index >= 15 is 0 Å². The molecule has 1 aromatic carbocycles. The minimum absolute atomic E-state index is 0.261. The zero-order valence-corrected chi connectivity index (χ0v) is 10.1. The van der Waals surface area contributed by atoms with Gasteiger partial charge in [0.2, 0.25) is 6.79 Å². The molecule has 0 N–H and O–H groups in total. The topological polar surface area (TPSA) is 31.4 Å². The molecule has 0 fully saturated rings. The molecule has 0 aliphatic carbocycles. The number of benzene rings is 1. The standard InChI is InChI=1S/C12H7Cl2NO2/c13-11-4-8(5-12(14)15-11)7-1-2-9-10(3-7)17-6-16-9/h1-5H,6H2. The molecule has 0 amide bonds. The van der Waals surface area contributed by atoms with Crippen LogP contribution in [0.15, 0.2) is 30.3 Å². The van der Waals surface area contributed by atoms with Gasteiger partial charge in [0.05, 0.1) is 0 Å². The maximum absolute atomic E-state index is 5.87. The second-order valence-corrected chi connectivity index (χ2v) is 4.34. The van der Waals surface area contributed by atoms with Crippen LogP contribution in [0, 0.1) is 0 Å². The van der Waals surface area contributed by atoms with Crippen molar-refractivity contribution in [2.75, 3.05) is 6.79 Å². The molecule has 3 nitrogen and oxygen atoms in total. The minimum atomic E-state index is 0.261. The van der Waals surface area contributed by atoms with Crippen LogP contribution >= 0.6 is 23.2 Å². The quantitative estimate of drug-likeness (QED) is 0.737. The smallest absolute Gasteiger partial charge is 0.231 e. The molecule has 0 saturated heterocycles. The van der Waals surface area contributed by atoms with Crippen molar-refractivity contribution in [3.05, 3.63) is 40.6 Å². The van der Waals surface area contributed by atoms with Crippen LogP contribution in [0.4, 0.5) is 0 Å². The molecular formula is C12H7Cl2NO2. The summed E-state index contributed by atoms with van der Waals surface area (Å²) >= 11 is 11.7. The van der Waals surface area contributed by atoms with Gasteiger partial charge in [-0.15, -0.1) is 0 Å². The first kappa shape index (κ1) is 10.7. The van der Waals surface area contributed by atoms with Crippen LogP contribution in [0.3, 0.4) is 0 Å². The van der Waals surface area contributed by atoms with Crippen LogP contribution in [0.5, 0.6) is 11.5 Å². The van der Waals surface area contributed by atoms with Gasteiger partial charge < -0.3 is 9.47 Å². The Morgan fingerprint density at radius 2 is 1.59 bits per heavy atom. The maximum atomic E-state index is 5.87. The third-order valence-corrected chi connectivity index (χ3v) is 2.86. The summed E-state index contributed by atoms with van der Waals surface area (Å²) in [6.07, 6.45) is 0. The molecule has 86 valence electrons. The zero-order valence-electron chi connectivity index (χ0n) is 8.61. The molecule has 0 radical (unpaired) electrons. The molecule has 0 spiro atoms. The largest absolute Gasteiger partial charge is 0.454 e. The summed E-state index contributed by atoms with van der Waals surface area (Å²) in [4.78, 5) is 3.91. The number of hydrogen-bond donors (Lipinski definition) is 0. The zero-order chi connectivity index (χ0) is 11.8. The average molecular weight is 268 g/mol.